The first-order valence-corrected chi connectivity index (χ1v) is 8.63. The van der Waals surface area contributed by atoms with Crippen LogP contribution in [0.5, 0.6) is 0 Å². The lowest BCUT2D eigenvalue weighted by Gasteiger charge is -2.43. The Morgan fingerprint density at radius 3 is 2.36 bits per heavy atom. The van der Waals surface area contributed by atoms with Crippen LogP contribution in [0.25, 0.3) is 0 Å². The summed E-state index contributed by atoms with van der Waals surface area (Å²) in [6.45, 7) is 7.56. The highest BCUT2D eigenvalue weighted by atomic mass is 16.2. The van der Waals surface area contributed by atoms with Gasteiger partial charge >= 0.3 is 0 Å². The van der Waals surface area contributed by atoms with Crippen LogP contribution in [0.15, 0.2) is 0 Å². The maximum atomic E-state index is 12.4. The fourth-order valence-electron chi connectivity index (χ4n) is 3.76. The first-order chi connectivity index (χ1) is 10.6. The number of carbonyl (C=O) groups excluding carboxylic acids is 2. The molecule has 0 aromatic rings. The van der Waals surface area contributed by atoms with E-state index < -0.39 is 0 Å². The summed E-state index contributed by atoms with van der Waals surface area (Å²) in [4.78, 5) is 30.2. The number of piperazine rings is 1. The van der Waals surface area contributed by atoms with E-state index in [1.54, 1.807) is 6.92 Å². The fraction of sp³-hybridized carbons (Fsp3) is 0.875. The first-order valence-electron chi connectivity index (χ1n) is 8.63. The number of amides is 2. The summed E-state index contributed by atoms with van der Waals surface area (Å²) in [5, 5.41) is 2.94. The van der Waals surface area contributed by atoms with Crippen LogP contribution in [-0.2, 0) is 9.59 Å². The van der Waals surface area contributed by atoms with Gasteiger partial charge in [0.25, 0.3) is 0 Å². The molecule has 1 N–H and O–H groups in total. The number of likely N-dealkylation sites (tertiary alicyclic amines) is 1. The van der Waals surface area contributed by atoms with Gasteiger partial charge in [0.05, 0.1) is 6.54 Å². The van der Waals surface area contributed by atoms with Gasteiger partial charge < -0.3 is 10.2 Å². The third-order valence-electron chi connectivity index (χ3n) is 5.30. The largest absolute Gasteiger partial charge is 0.352 e. The number of hydrogen-bond donors (Lipinski definition) is 1. The van der Waals surface area contributed by atoms with Gasteiger partial charge in [0.15, 0.2) is 0 Å². The second kappa shape index (κ2) is 6.96. The monoisotopic (exact) mass is 308 g/mol. The van der Waals surface area contributed by atoms with E-state index >= 15 is 0 Å². The number of hydrogen-bond acceptors (Lipinski definition) is 4. The highest BCUT2D eigenvalue weighted by molar-refractivity contribution is 5.78. The van der Waals surface area contributed by atoms with Crippen molar-refractivity contribution in [2.24, 2.45) is 0 Å². The van der Waals surface area contributed by atoms with Crippen LogP contribution in [0.1, 0.15) is 32.6 Å². The van der Waals surface area contributed by atoms with Crippen molar-refractivity contribution < 1.29 is 9.59 Å². The molecule has 22 heavy (non-hydrogen) atoms. The molecule has 2 aliphatic heterocycles. The van der Waals surface area contributed by atoms with Gasteiger partial charge in [-0.2, -0.15) is 0 Å². The molecule has 3 fully saturated rings. The Bertz CT molecular complexity index is 416. The molecule has 124 valence electrons. The van der Waals surface area contributed by atoms with Gasteiger partial charge in [0.1, 0.15) is 0 Å². The fourth-order valence-corrected chi connectivity index (χ4v) is 3.76. The van der Waals surface area contributed by atoms with Crippen molar-refractivity contribution >= 4 is 11.8 Å². The molecule has 1 atom stereocenters. The Morgan fingerprint density at radius 2 is 1.77 bits per heavy atom. The molecule has 0 bridgehead atoms. The van der Waals surface area contributed by atoms with E-state index in [9.17, 15) is 9.59 Å². The van der Waals surface area contributed by atoms with Gasteiger partial charge in [0.2, 0.25) is 11.8 Å². The summed E-state index contributed by atoms with van der Waals surface area (Å²) in [6, 6.07) is 0.995. The Balaban J connectivity index is 1.38. The summed E-state index contributed by atoms with van der Waals surface area (Å²) in [5.41, 5.74) is 0. The molecular weight excluding hydrogens is 280 g/mol. The van der Waals surface area contributed by atoms with Crippen LogP contribution in [0.4, 0.5) is 0 Å². The lowest BCUT2D eigenvalue weighted by Crippen LogP contribution is -2.55. The van der Waals surface area contributed by atoms with Crippen molar-refractivity contribution in [3.8, 4) is 0 Å². The summed E-state index contributed by atoms with van der Waals surface area (Å²) in [5.74, 6) is 0.266. The number of rotatable bonds is 4. The maximum Gasteiger partial charge on any atom is 0.236 e. The SMILES string of the molecule is CC(=O)NC1CCN(CC(=O)N2CCN(C3CCC3)CC2)C1. The van der Waals surface area contributed by atoms with Crippen molar-refractivity contribution in [2.45, 2.75) is 44.7 Å². The number of nitrogens with zero attached hydrogens (tertiary/aromatic N) is 3. The summed E-state index contributed by atoms with van der Waals surface area (Å²) >= 11 is 0. The molecular formula is C16H28N4O2. The molecule has 3 rings (SSSR count). The highest BCUT2D eigenvalue weighted by Crippen LogP contribution is 2.25. The van der Waals surface area contributed by atoms with Gasteiger partial charge in [-0.3, -0.25) is 19.4 Å². The van der Waals surface area contributed by atoms with E-state index in [0.29, 0.717) is 6.54 Å². The molecule has 6 heteroatoms. The molecule has 0 aromatic heterocycles. The third-order valence-corrected chi connectivity index (χ3v) is 5.30. The number of carbonyl (C=O) groups is 2. The van der Waals surface area contributed by atoms with E-state index in [1.807, 2.05) is 4.90 Å². The minimum Gasteiger partial charge on any atom is -0.352 e. The van der Waals surface area contributed by atoms with E-state index in [-0.39, 0.29) is 17.9 Å². The third kappa shape index (κ3) is 3.79. The second-order valence-corrected chi connectivity index (χ2v) is 6.92. The second-order valence-electron chi connectivity index (χ2n) is 6.92. The molecule has 0 aromatic carbocycles. The standard InChI is InChI=1S/C16H28N4O2/c1-13(21)17-14-5-6-18(11-14)12-16(22)20-9-7-19(8-10-20)15-3-2-4-15/h14-15H,2-12H2,1H3,(H,17,21). The van der Waals surface area contributed by atoms with E-state index in [4.69, 9.17) is 0 Å². The van der Waals surface area contributed by atoms with Crippen LogP contribution in [-0.4, -0.2) is 84.4 Å². The predicted molar refractivity (Wildman–Crippen MR) is 84.5 cm³/mol. The van der Waals surface area contributed by atoms with Crippen molar-refractivity contribution in [1.29, 1.82) is 0 Å². The van der Waals surface area contributed by atoms with E-state index in [0.717, 1.165) is 51.7 Å². The molecule has 0 spiro atoms. The van der Waals surface area contributed by atoms with Crippen LogP contribution in [0.2, 0.25) is 0 Å². The van der Waals surface area contributed by atoms with Crippen molar-refractivity contribution in [2.75, 3.05) is 45.8 Å². The van der Waals surface area contributed by atoms with Crippen LogP contribution in [0, 0.1) is 0 Å². The molecule has 1 saturated carbocycles. The number of nitrogens with one attached hydrogen (secondary N) is 1. The van der Waals surface area contributed by atoms with Gasteiger partial charge in [-0.15, -0.1) is 0 Å². The first kappa shape index (κ1) is 15.7. The smallest absolute Gasteiger partial charge is 0.236 e. The Morgan fingerprint density at radius 1 is 1.05 bits per heavy atom. The van der Waals surface area contributed by atoms with Crippen molar-refractivity contribution in [3.05, 3.63) is 0 Å². The molecule has 2 saturated heterocycles. The normalized spacial score (nSPS) is 27.7. The molecule has 3 aliphatic rings. The van der Waals surface area contributed by atoms with Crippen LogP contribution >= 0.6 is 0 Å². The van der Waals surface area contributed by atoms with E-state index in [1.165, 1.54) is 19.3 Å². The zero-order valence-corrected chi connectivity index (χ0v) is 13.6. The zero-order valence-electron chi connectivity index (χ0n) is 13.6. The average molecular weight is 308 g/mol. The Hall–Kier alpha value is -1.14. The zero-order chi connectivity index (χ0) is 15.5. The molecule has 1 unspecified atom stereocenters. The van der Waals surface area contributed by atoms with E-state index in [2.05, 4.69) is 15.1 Å². The van der Waals surface area contributed by atoms with Gasteiger partial charge in [-0.1, -0.05) is 6.42 Å². The molecule has 6 nitrogen and oxygen atoms in total. The maximum absolute atomic E-state index is 12.4. The molecule has 2 heterocycles. The minimum atomic E-state index is 0.0188. The summed E-state index contributed by atoms with van der Waals surface area (Å²) in [6.07, 6.45) is 5.00. The Kier molecular flexibility index (Phi) is 4.98. The molecule has 0 radical (unpaired) electrons. The highest BCUT2D eigenvalue weighted by Gasteiger charge is 2.31. The lowest BCUT2D eigenvalue weighted by atomic mass is 9.91. The van der Waals surface area contributed by atoms with Crippen LogP contribution in [0.3, 0.4) is 0 Å². The average Bonchev–Trinajstić information content (AvgIpc) is 2.84. The summed E-state index contributed by atoms with van der Waals surface area (Å²) in [7, 11) is 0. The minimum absolute atomic E-state index is 0.0188. The van der Waals surface area contributed by atoms with Crippen LogP contribution < -0.4 is 5.32 Å². The molecule has 1 aliphatic carbocycles. The van der Waals surface area contributed by atoms with Crippen molar-refractivity contribution in [3.63, 3.8) is 0 Å². The van der Waals surface area contributed by atoms with Gasteiger partial charge in [-0.25, -0.2) is 0 Å². The van der Waals surface area contributed by atoms with Gasteiger partial charge in [0, 0.05) is 58.3 Å². The van der Waals surface area contributed by atoms with Crippen molar-refractivity contribution in [1.82, 2.24) is 20.0 Å². The topological polar surface area (TPSA) is 55.9 Å². The summed E-state index contributed by atoms with van der Waals surface area (Å²) < 4.78 is 0. The Labute approximate surface area is 132 Å². The lowest BCUT2D eigenvalue weighted by molar-refractivity contribution is -0.134. The quantitative estimate of drug-likeness (QED) is 0.788. The predicted octanol–water partition coefficient (Wildman–Crippen LogP) is -0.106. The molecule has 2 amide bonds. The van der Waals surface area contributed by atoms with Gasteiger partial charge in [-0.05, 0) is 19.3 Å².